The molecule has 0 aromatic heterocycles. The van der Waals surface area contributed by atoms with E-state index in [0.29, 0.717) is 0 Å². The highest BCUT2D eigenvalue weighted by Gasteiger charge is 2.07. The summed E-state index contributed by atoms with van der Waals surface area (Å²) in [6, 6.07) is 32.6. The van der Waals surface area contributed by atoms with Gasteiger partial charge in [-0.25, -0.2) is 0 Å². The van der Waals surface area contributed by atoms with Crippen molar-refractivity contribution >= 4 is 0 Å². The van der Waals surface area contributed by atoms with Crippen LogP contribution in [0.2, 0.25) is 0 Å². The van der Waals surface area contributed by atoms with E-state index in [4.69, 9.17) is 0 Å². The van der Waals surface area contributed by atoms with Gasteiger partial charge in [-0.3, -0.25) is 0 Å². The molecule has 0 unspecified atom stereocenters. The van der Waals surface area contributed by atoms with Crippen molar-refractivity contribution in [3.05, 3.63) is 96.6 Å². The van der Waals surface area contributed by atoms with Gasteiger partial charge in [0.05, 0.1) is 0 Å². The Balaban J connectivity index is 1.70. The van der Waals surface area contributed by atoms with Crippen LogP contribution < -0.4 is 0 Å². The number of aryl methyl sites for hydroxylation is 1. The minimum Gasteiger partial charge on any atom is -0.0622 e. The maximum Gasteiger partial charge on any atom is -0.0172 e. The number of benzene rings is 2. The van der Waals surface area contributed by atoms with Crippen LogP contribution in [-0.4, -0.2) is 0 Å². The van der Waals surface area contributed by atoms with Crippen molar-refractivity contribution in [1.29, 1.82) is 0 Å². The number of fused-ring (bicyclic) bond motifs is 1. The molecule has 0 bridgehead atoms. The van der Waals surface area contributed by atoms with E-state index >= 15 is 0 Å². The molecule has 110 valence electrons. The Morgan fingerprint density at radius 1 is 0.391 bits per heavy atom. The van der Waals surface area contributed by atoms with Gasteiger partial charge in [-0.15, -0.1) is 0 Å². The Morgan fingerprint density at radius 3 is 1.35 bits per heavy atom. The van der Waals surface area contributed by atoms with Gasteiger partial charge in [0.15, 0.2) is 0 Å². The fraction of sp³-hybridized carbons (Fsp3) is 0.0435. The van der Waals surface area contributed by atoms with E-state index in [9.17, 15) is 0 Å². The molecule has 0 saturated carbocycles. The van der Waals surface area contributed by atoms with E-state index in [0.717, 1.165) is 0 Å². The molecule has 0 saturated heterocycles. The van der Waals surface area contributed by atoms with E-state index in [1.165, 1.54) is 38.9 Å². The summed E-state index contributed by atoms with van der Waals surface area (Å²) < 4.78 is 0. The van der Waals surface area contributed by atoms with Crippen LogP contribution in [-0.2, 0) is 0 Å². The molecule has 4 rings (SSSR count). The Labute approximate surface area is 137 Å². The molecule has 0 amide bonds. The van der Waals surface area contributed by atoms with Crippen molar-refractivity contribution in [3.8, 4) is 33.4 Å². The molecule has 23 heavy (non-hydrogen) atoms. The largest absolute Gasteiger partial charge is 0.0622 e. The molecule has 0 nitrogen and oxygen atoms in total. The van der Waals surface area contributed by atoms with Gasteiger partial charge in [-0.05, 0) is 52.4 Å². The first-order valence-electron chi connectivity index (χ1n) is 7.96. The average Bonchev–Trinajstić information content (AvgIpc) is 2.87. The molecule has 0 atom stereocenters. The SMILES string of the molecule is Cc1ccc(-c2ccc(-c3cc4cccccc-4c3)cc2)cc1. The zero-order chi connectivity index (χ0) is 15.6. The van der Waals surface area contributed by atoms with Crippen molar-refractivity contribution in [2.45, 2.75) is 6.92 Å². The topological polar surface area (TPSA) is 0 Å². The maximum absolute atomic E-state index is 2.26. The third-order valence-electron chi connectivity index (χ3n) is 4.33. The van der Waals surface area contributed by atoms with Gasteiger partial charge in [0.1, 0.15) is 0 Å². The molecule has 0 fully saturated rings. The predicted molar refractivity (Wildman–Crippen MR) is 98.7 cm³/mol. The third kappa shape index (κ3) is 2.76. The minimum atomic E-state index is 1.26. The molecular weight excluding hydrogens is 276 g/mol. The minimum absolute atomic E-state index is 1.26. The first kappa shape index (κ1) is 13.8. The lowest BCUT2D eigenvalue weighted by atomic mass is 10.0. The maximum atomic E-state index is 2.26. The van der Waals surface area contributed by atoms with Crippen molar-refractivity contribution in [2.24, 2.45) is 0 Å². The van der Waals surface area contributed by atoms with Crippen molar-refractivity contribution < 1.29 is 0 Å². The van der Waals surface area contributed by atoms with Gasteiger partial charge < -0.3 is 0 Å². The molecular formula is C23H18. The zero-order valence-electron chi connectivity index (χ0n) is 13.2. The van der Waals surface area contributed by atoms with Crippen LogP contribution in [0.4, 0.5) is 0 Å². The normalized spacial score (nSPS) is 10.8. The van der Waals surface area contributed by atoms with E-state index in [2.05, 4.69) is 97.9 Å². The van der Waals surface area contributed by atoms with Crippen LogP contribution in [0.25, 0.3) is 33.4 Å². The summed E-state index contributed by atoms with van der Waals surface area (Å²) in [6.45, 7) is 2.12. The summed E-state index contributed by atoms with van der Waals surface area (Å²) in [7, 11) is 0. The van der Waals surface area contributed by atoms with Gasteiger partial charge in [0.2, 0.25) is 0 Å². The van der Waals surface area contributed by atoms with Crippen LogP contribution in [0, 0.1) is 6.92 Å². The van der Waals surface area contributed by atoms with Crippen LogP contribution in [0.5, 0.6) is 0 Å². The van der Waals surface area contributed by atoms with E-state index in [1.54, 1.807) is 0 Å². The van der Waals surface area contributed by atoms with Gasteiger partial charge in [0.25, 0.3) is 0 Å². The predicted octanol–water partition coefficient (Wildman–Crippen LogP) is 6.43. The van der Waals surface area contributed by atoms with Crippen molar-refractivity contribution in [1.82, 2.24) is 0 Å². The molecule has 2 aromatic rings. The molecule has 0 radical (unpaired) electrons. The van der Waals surface area contributed by atoms with Gasteiger partial charge in [-0.1, -0.05) is 84.4 Å². The highest BCUT2D eigenvalue weighted by Crippen LogP contribution is 2.32. The highest BCUT2D eigenvalue weighted by molar-refractivity contribution is 5.80. The molecule has 0 heterocycles. The summed E-state index contributed by atoms with van der Waals surface area (Å²) in [5, 5.41) is 0. The average molecular weight is 294 g/mol. The number of hydrogen-bond donors (Lipinski definition) is 0. The summed E-state index contributed by atoms with van der Waals surface area (Å²) in [4.78, 5) is 0. The third-order valence-corrected chi connectivity index (χ3v) is 4.33. The van der Waals surface area contributed by atoms with Crippen LogP contribution >= 0.6 is 0 Å². The number of hydrogen-bond acceptors (Lipinski definition) is 0. The van der Waals surface area contributed by atoms with Crippen LogP contribution in [0.15, 0.2) is 91.0 Å². The fourth-order valence-corrected chi connectivity index (χ4v) is 2.98. The summed E-state index contributed by atoms with van der Waals surface area (Å²) in [5.74, 6) is 0. The second-order valence-corrected chi connectivity index (χ2v) is 6.01. The van der Waals surface area contributed by atoms with E-state index < -0.39 is 0 Å². The molecule has 0 heteroatoms. The zero-order valence-corrected chi connectivity index (χ0v) is 13.2. The lowest BCUT2D eigenvalue weighted by molar-refractivity contribution is 1.47. The quantitative estimate of drug-likeness (QED) is 0.399. The monoisotopic (exact) mass is 294 g/mol. The van der Waals surface area contributed by atoms with Crippen molar-refractivity contribution in [2.75, 3.05) is 0 Å². The second kappa shape index (κ2) is 5.73. The first-order valence-corrected chi connectivity index (χ1v) is 7.96. The van der Waals surface area contributed by atoms with E-state index in [-0.39, 0.29) is 0 Å². The summed E-state index contributed by atoms with van der Waals surface area (Å²) in [5.41, 5.74) is 8.93. The van der Waals surface area contributed by atoms with Crippen LogP contribution in [0.3, 0.4) is 0 Å². The molecule has 2 aliphatic rings. The molecule has 0 spiro atoms. The Kier molecular flexibility index (Phi) is 3.44. The highest BCUT2D eigenvalue weighted by atomic mass is 14.1. The fourth-order valence-electron chi connectivity index (χ4n) is 2.98. The van der Waals surface area contributed by atoms with Gasteiger partial charge in [0, 0.05) is 0 Å². The second-order valence-electron chi connectivity index (χ2n) is 6.01. The Hall–Kier alpha value is -2.86. The summed E-state index contributed by atoms with van der Waals surface area (Å²) in [6.07, 6.45) is 0. The van der Waals surface area contributed by atoms with Crippen molar-refractivity contribution in [3.63, 3.8) is 0 Å². The molecule has 0 N–H and O–H groups in total. The first-order chi connectivity index (χ1) is 11.3. The lowest BCUT2D eigenvalue weighted by Crippen LogP contribution is -1.79. The Morgan fingerprint density at radius 2 is 0.826 bits per heavy atom. The van der Waals surface area contributed by atoms with Gasteiger partial charge in [-0.2, -0.15) is 0 Å². The number of rotatable bonds is 2. The lowest BCUT2D eigenvalue weighted by Gasteiger charge is -2.04. The standard InChI is InChI=1S/C23H18/c1-17-7-9-18(10-8-17)19-11-13-20(14-12-19)23-15-21-5-3-2-4-6-22(21)16-23/h2-16H,1H3. The Bertz CT molecular complexity index is 868. The molecule has 2 aromatic carbocycles. The molecule has 0 aliphatic heterocycles. The smallest absolute Gasteiger partial charge is 0.0172 e. The van der Waals surface area contributed by atoms with Gasteiger partial charge >= 0.3 is 0 Å². The van der Waals surface area contributed by atoms with E-state index in [1.807, 2.05) is 0 Å². The summed E-state index contributed by atoms with van der Waals surface area (Å²) >= 11 is 0. The van der Waals surface area contributed by atoms with Crippen LogP contribution in [0.1, 0.15) is 5.56 Å². The molecule has 2 aliphatic carbocycles.